The molecule has 0 saturated carbocycles. The van der Waals surface area contributed by atoms with Crippen molar-refractivity contribution >= 4 is 67.7 Å². The Morgan fingerprint density at radius 3 is 2.61 bits per heavy atom. The Balaban J connectivity index is 1.60. The smallest absolute Gasteiger partial charge is 0.286 e. The Kier molecular flexibility index (Phi) is 5.47. The number of benzene rings is 2. The van der Waals surface area contributed by atoms with E-state index in [1.54, 1.807) is 46.5 Å². The fourth-order valence-electron chi connectivity index (χ4n) is 3.26. The average molecular weight is 488 g/mol. The quantitative estimate of drug-likeness (QED) is 0.231. The topological polar surface area (TPSA) is 65.6 Å². The van der Waals surface area contributed by atoms with E-state index in [0.717, 1.165) is 15.2 Å². The van der Waals surface area contributed by atoms with Crippen LogP contribution in [0.4, 0.5) is 0 Å². The van der Waals surface area contributed by atoms with Gasteiger partial charge in [0, 0.05) is 16.6 Å². The minimum atomic E-state index is -0.210. The summed E-state index contributed by atoms with van der Waals surface area (Å²) in [6, 6.07) is 12.8. The maximum Gasteiger partial charge on any atom is 0.286 e. The number of aromatic nitrogens is 5. The first-order valence-electron chi connectivity index (χ1n) is 9.45. The SMILES string of the molecule is CCn1cnc2c(=O)n(-c3ccc(Cl)cc3)c(SCc3nc4cc(Cl)ccc4s3)nc21. The Hall–Kier alpha value is -2.39. The van der Waals surface area contributed by atoms with E-state index < -0.39 is 0 Å². The van der Waals surface area contributed by atoms with Gasteiger partial charge in [0.25, 0.3) is 5.56 Å². The predicted octanol–water partition coefficient (Wildman–Crippen LogP) is 5.81. The second kappa shape index (κ2) is 8.27. The first-order chi connectivity index (χ1) is 15.0. The van der Waals surface area contributed by atoms with Gasteiger partial charge in [-0.2, -0.15) is 0 Å². The van der Waals surface area contributed by atoms with Crippen LogP contribution in [0.5, 0.6) is 0 Å². The summed E-state index contributed by atoms with van der Waals surface area (Å²) in [7, 11) is 0. The number of thioether (sulfide) groups is 1. The van der Waals surface area contributed by atoms with Crippen molar-refractivity contribution in [3.63, 3.8) is 0 Å². The zero-order valence-electron chi connectivity index (χ0n) is 16.2. The van der Waals surface area contributed by atoms with E-state index in [0.29, 0.717) is 44.4 Å². The summed E-state index contributed by atoms with van der Waals surface area (Å²) in [5, 5.41) is 2.77. The van der Waals surface area contributed by atoms with Gasteiger partial charge in [-0.25, -0.2) is 15.0 Å². The van der Waals surface area contributed by atoms with Crippen LogP contribution in [0.15, 0.2) is 58.7 Å². The average Bonchev–Trinajstić information content (AvgIpc) is 3.36. The summed E-state index contributed by atoms with van der Waals surface area (Å²) in [5.41, 5.74) is 2.27. The number of hydrogen-bond acceptors (Lipinski definition) is 6. The summed E-state index contributed by atoms with van der Waals surface area (Å²) in [4.78, 5) is 27.1. The van der Waals surface area contributed by atoms with Gasteiger partial charge in [0.1, 0.15) is 5.01 Å². The van der Waals surface area contributed by atoms with E-state index in [4.69, 9.17) is 28.2 Å². The zero-order chi connectivity index (χ0) is 21.5. The molecule has 31 heavy (non-hydrogen) atoms. The molecule has 0 spiro atoms. The third-order valence-electron chi connectivity index (χ3n) is 4.75. The first-order valence-corrected chi connectivity index (χ1v) is 12.0. The van der Waals surface area contributed by atoms with Crippen molar-refractivity contribution in [1.82, 2.24) is 24.1 Å². The van der Waals surface area contributed by atoms with Gasteiger partial charge in [-0.15, -0.1) is 11.3 Å². The van der Waals surface area contributed by atoms with Gasteiger partial charge >= 0.3 is 0 Å². The van der Waals surface area contributed by atoms with E-state index >= 15 is 0 Å². The summed E-state index contributed by atoms with van der Waals surface area (Å²) < 4.78 is 4.52. The molecular formula is C21H15Cl2N5OS2. The van der Waals surface area contributed by atoms with Crippen LogP contribution >= 0.6 is 46.3 Å². The van der Waals surface area contributed by atoms with Crippen LogP contribution < -0.4 is 5.56 Å². The maximum atomic E-state index is 13.3. The van der Waals surface area contributed by atoms with Crippen molar-refractivity contribution in [2.75, 3.05) is 0 Å². The summed E-state index contributed by atoms with van der Waals surface area (Å²) in [6.07, 6.45) is 1.65. The number of thiazole rings is 1. The van der Waals surface area contributed by atoms with E-state index in [-0.39, 0.29) is 5.56 Å². The zero-order valence-corrected chi connectivity index (χ0v) is 19.4. The van der Waals surface area contributed by atoms with Gasteiger partial charge in [0.05, 0.1) is 28.0 Å². The Bertz CT molecular complexity index is 1470. The molecule has 5 aromatic rings. The molecule has 0 aliphatic carbocycles. The standard InChI is InChI=1S/C21H15Cl2N5OS2/c1-2-27-11-24-18-19(27)26-21(28(20(18)29)14-6-3-12(22)4-7-14)30-10-17-25-15-9-13(23)5-8-16(15)31-17/h3-9,11H,2,10H2,1H3. The molecule has 0 saturated heterocycles. The van der Waals surface area contributed by atoms with Crippen LogP contribution in [0.25, 0.3) is 27.1 Å². The third-order valence-corrected chi connectivity index (χ3v) is 7.41. The van der Waals surface area contributed by atoms with Gasteiger partial charge in [-0.3, -0.25) is 9.36 Å². The maximum absolute atomic E-state index is 13.3. The molecule has 2 aromatic carbocycles. The lowest BCUT2D eigenvalue weighted by molar-refractivity contribution is 0.754. The number of hydrogen-bond donors (Lipinski definition) is 0. The van der Waals surface area contributed by atoms with E-state index in [9.17, 15) is 4.79 Å². The molecule has 156 valence electrons. The Labute approximate surface area is 195 Å². The van der Waals surface area contributed by atoms with Gasteiger partial charge in [0.2, 0.25) is 0 Å². The molecule has 5 rings (SSSR count). The second-order valence-electron chi connectivity index (χ2n) is 6.72. The van der Waals surface area contributed by atoms with Crippen molar-refractivity contribution in [2.24, 2.45) is 0 Å². The van der Waals surface area contributed by atoms with Crippen molar-refractivity contribution in [1.29, 1.82) is 0 Å². The number of aryl methyl sites for hydroxylation is 1. The van der Waals surface area contributed by atoms with Crippen molar-refractivity contribution in [3.05, 3.63) is 74.2 Å². The van der Waals surface area contributed by atoms with Crippen molar-refractivity contribution in [2.45, 2.75) is 24.4 Å². The molecule has 3 heterocycles. The van der Waals surface area contributed by atoms with Crippen LogP contribution in [0.2, 0.25) is 10.0 Å². The largest absolute Gasteiger partial charge is 0.315 e. The highest BCUT2D eigenvalue weighted by molar-refractivity contribution is 7.98. The fourth-order valence-corrected chi connectivity index (χ4v) is 5.49. The molecule has 3 aromatic heterocycles. The summed E-state index contributed by atoms with van der Waals surface area (Å²) in [6.45, 7) is 2.67. The number of rotatable bonds is 5. The highest BCUT2D eigenvalue weighted by atomic mass is 35.5. The van der Waals surface area contributed by atoms with E-state index in [1.165, 1.54) is 11.8 Å². The number of fused-ring (bicyclic) bond motifs is 2. The number of imidazole rings is 1. The van der Waals surface area contributed by atoms with Crippen LogP contribution in [0.1, 0.15) is 11.9 Å². The normalized spacial score (nSPS) is 11.6. The minimum Gasteiger partial charge on any atom is -0.315 e. The molecule has 0 N–H and O–H groups in total. The molecule has 0 unspecified atom stereocenters. The molecule has 0 amide bonds. The molecule has 6 nitrogen and oxygen atoms in total. The molecule has 0 bridgehead atoms. The second-order valence-corrected chi connectivity index (χ2v) is 9.65. The fraction of sp³-hybridized carbons (Fsp3) is 0.143. The monoisotopic (exact) mass is 487 g/mol. The molecule has 10 heteroatoms. The first kappa shape index (κ1) is 20.5. The van der Waals surface area contributed by atoms with Crippen LogP contribution in [0, 0.1) is 0 Å². The Morgan fingerprint density at radius 2 is 1.84 bits per heavy atom. The predicted molar refractivity (Wildman–Crippen MR) is 128 cm³/mol. The summed E-state index contributed by atoms with van der Waals surface area (Å²) >= 11 is 15.2. The number of nitrogens with zero attached hydrogens (tertiary/aromatic N) is 5. The lowest BCUT2D eigenvalue weighted by atomic mass is 10.3. The lowest BCUT2D eigenvalue weighted by Gasteiger charge is -2.12. The summed E-state index contributed by atoms with van der Waals surface area (Å²) in [5.74, 6) is 0.572. The highest BCUT2D eigenvalue weighted by Crippen LogP contribution is 2.30. The van der Waals surface area contributed by atoms with Crippen LogP contribution in [-0.4, -0.2) is 24.1 Å². The minimum absolute atomic E-state index is 0.210. The molecule has 0 atom stereocenters. The van der Waals surface area contributed by atoms with Crippen molar-refractivity contribution in [3.8, 4) is 5.69 Å². The van der Waals surface area contributed by atoms with E-state index in [2.05, 4.69) is 9.97 Å². The molecular weight excluding hydrogens is 473 g/mol. The van der Waals surface area contributed by atoms with Crippen molar-refractivity contribution < 1.29 is 0 Å². The number of halogens is 2. The Morgan fingerprint density at radius 1 is 1.06 bits per heavy atom. The van der Waals surface area contributed by atoms with Gasteiger partial charge in [0.15, 0.2) is 16.3 Å². The lowest BCUT2D eigenvalue weighted by Crippen LogP contribution is -2.22. The molecule has 0 radical (unpaired) electrons. The van der Waals surface area contributed by atoms with E-state index in [1.807, 2.05) is 29.7 Å². The molecule has 0 aliphatic heterocycles. The highest BCUT2D eigenvalue weighted by Gasteiger charge is 2.18. The van der Waals surface area contributed by atoms with Gasteiger partial charge < -0.3 is 4.57 Å². The molecule has 0 aliphatic rings. The third kappa shape index (κ3) is 3.85. The van der Waals surface area contributed by atoms with Crippen LogP contribution in [0.3, 0.4) is 0 Å². The van der Waals surface area contributed by atoms with Crippen LogP contribution in [-0.2, 0) is 12.3 Å². The van der Waals surface area contributed by atoms with Gasteiger partial charge in [-0.1, -0.05) is 35.0 Å². The van der Waals surface area contributed by atoms with Gasteiger partial charge in [-0.05, 0) is 49.4 Å². The molecule has 0 fully saturated rings.